The normalized spacial score (nSPS) is 12.2. The number of aliphatic hydroxyl groups is 1. The van der Waals surface area contributed by atoms with Gasteiger partial charge in [-0.1, -0.05) is 0 Å². The summed E-state index contributed by atoms with van der Waals surface area (Å²) in [6, 6.07) is 10.4. The second kappa shape index (κ2) is 9.92. The molecule has 0 saturated carbocycles. The summed E-state index contributed by atoms with van der Waals surface area (Å²) in [5, 5.41) is 8.57. The first-order valence-corrected chi connectivity index (χ1v) is 8.60. The lowest BCUT2D eigenvalue weighted by Crippen LogP contribution is -2.27. The van der Waals surface area contributed by atoms with Gasteiger partial charge >= 0.3 is 12.1 Å². The molecular weight excluding hydrogens is 393 g/mol. The minimum absolute atomic E-state index is 0.179. The number of Topliss-reactive ketones (excluding diaryl/α,β-unsaturated/α-hetero) is 1. The van der Waals surface area contributed by atoms with Crippen LogP contribution in [0.5, 0.6) is 17.2 Å². The Hall–Kier alpha value is -3.07. The molecule has 0 aliphatic rings. The Kier molecular flexibility index (Phi) is 7.60. The Balaban J connectivity index is 1.89. The molecule has 156 valence electrons. The van der Waals surface area contributed by atoms with Gasteiger partial charge in [-0.05, 0) is 55.5 Å². The van der Waals surface area contributed by atoms with Crippen molar-refractivity contribution >= 4 is 11.8 Å². The van der Waals surface area contributed by atoms with Crippen LogP contribution in [0.25, 0.3) is 0 Å². The van der Waals surface area contributed by atoms with Gasteiger partial charge < -0.3 is 19.3 Å². The molecule has 0 fully saturated rings. The molecule has 6 nitrogen and oxygen atoms in total. The smallest absolute Gasteiger partial charge is 0.416 e. The van der Waals surface area contributed by atoms with E-state index < -0.39 is 36.0 Å². The molecule has 2 aromatic carbocycles. The molecule has 29 heavy (non-hydrogen) atoms. The molecule has 0 amide bonds. The van der Waals surface area contributed by atoms with Crippen LogP contribution in [0.3, 0.4) is 0 Å². The lowest BCUT2D eigenvalue weighted by Gasteiger charge is -2.14. The third-order valence-corrected chi connectivity index (χ3v) is 3.68. The van der Waals surface area contributed by atoms with Crippen LogP contribution in [-0.2, 0) is 20.5 Å². The zero-order valence-corrected chi connectivity index (χ0v) is 15.4. The number of carbonyl (C=O) groups is 2. The number of halogens is 3. The Morgan fingerprint density at radius 2 is 1.48 bits per heavy atom. The number of hydrogen-bond acceptors (Lipinski definition) is 6. The third kappa shape index (κ3) is 7.11. The van der Waals surface area contributed by atoms with E-state index in [0.29, 0.717) is 11.5 Å². The quantitative estimate of drug-likeness (QED) is 0.499. The molecule has 0 radical (unpaired) electrons. The Bertz CT molecular complexity index is 816. The van der Waals surface area contributed by atoms with Crippen molar-refractivity contribution in [1.82, 2.24) is 0 Å². The molecular formula is C20H19F3O6. The van der Waals surface area contributed by atoms with Gasteiger partial charge in [0.05, 0.1) is 12.2 Å². The molecule has 1 N–H and O–H groups in total. The van der Waals surface area contributed by atoms with Crippen LogP contribution < -0.4 is 9.47 Å². The fourth-order valence-corrected chi connectivity index (χ4v) is 2.20. The van der Waals surface area contributed by atoms with Crippen LogP contribution in [-0.4, -0.2) is 36.2 Å². The van der Waals surface area contributed by atoms with Crippen molar-refractivity contribution < 1.29 is 42.1 Å². The number of esters is 1. The Morgan fingerprint density at radius 1 is 0.966 bits per heavy atom. The molecule has 1 atom stereocenters. The summed E-state index contributed by atoms with van der Waals surface area (Å²) < 4.78 is 53.2. The second-order valence-electron chi connectivity index (χ2n) is 5.94. The van der Waals surface area contributed by atoms with Gasteiger partial charge in [0.15, 0.2) is 11.9 Å². The van der Waals surface area contributed by atoms with E-state index >= 15 is 0 Å². The molecule has 2 aromatic rings. The topological polar surface area (TPSA) is 82.1 Å². The van der Waals surface area contributed by atoms with Crippen molar-refractivity contribution in [2.45, 2.75) is 25.6 Å². The molecule has 9 heteroatoms. The maximum Gasteiger partial charge on any atom is 0.416 e. The van der Waals surface area contributed by atoms with Crippen LogP contribution in [0, 0.1) is 0 Å². The molecule has 0 bridgehead atoms. The first kappa shape index (κ1) is 22.2. The van der Waals surface area contributed by atoms with Crippen molar-refractivity contribution in [3.05, 3.63) is 54.1 Å². The number of hydrogen-bond donors (Lipinski definition) is 1. The molecule has 0 aromatic heterocycles. The lowest BCUT2D eigenvalue weighted by molar-refractivity contribution is -0.148. The number of aliphatic hydroxyl groups excluding tert-OH is 1. The average Bonchev–Trinajstić information content (AvgIpc) is 2.67. The highest BCUT2D eigenvalue weighted by Crippen LogP contribution is 2.31. The van der Waals surface area contributed by atoms with Crippen molar-refractivity contribution in [3.63, 3.8) is 0 Å². The fourth-order valence-electron chi connectivity index (χ4n) is 2.20. The number of carbonyl (C=O) groups excluding carboxylic acids is 2. The predicted octanol–water partition coefficient (Wildman–Crippen LogP) is 3.76. The van der Waals surface area contributed by atoms with Crippen LogP contribution in [0.15, 0.2) is 48.5 Å². The fraction of sp³-hybridized carbons (Fsp3) is 0.300. The minimum atomic E-state index is -4.42. The summed E-state index contributed by atoms with van der Waals surface area (Å²) in [7, 11) is 0. The number of ketones is 1. The van der Waals surface area contributed by atoms with Crippen molar-refractivity contribution in [2.75, 3.05) is 13.2 Å². The van der Waals surface area contributed by atoms with E-state index in [-0.39, 0.29) is 19.0 Å². The van der Waals surface area contributed by atoms with Crippen molar-refractivity contribution in [1.29, 1.82) is 0 Å². The zero-order chi connectivity index (χ0) is 21.4. The van der Waals surface area contributed by atoms with Gasteiger partial charge in [0.1, 0.15) is 30.3 Å². The van der Waals surface area contributed by atoms with Gasteiger partial charge in [-0.25, -0.2) is 0 Å². The van der Waals surface area contributed by atoms with E-state index in [9.17, 15) is 22.8 Å². The molecule has 0 spiro atoms. The molecule has 0 aliphatic heterocycles. The highest BCUT2D eigenvalue weighted by Gasteiger charge is 2.30. The molecule has 0 heterocycles. The van der Waals surface area contributed by atoms with E-state index in [1.807, 2.05) is 0 Å². The first-order valence-electron chi connectivity index (χ1n) is 8.60. The summed E-state index contributed by atoms with van der Waals surface area (Å²) in [6.45, 7) is 0.975. The molecule has 0 aliphatic carbocycles. The van der Waals surface area contributed by atoms with Gasteiger partial charge in [0.2, 0.25) is 0 Å². The van der Waals surface area contributed by atoms with Gasteiger partial charge in [0.25, 0.3) is 0 Å². The SMILES string of the molecule is CC(Oc1ccc(Oc2ccc(C(F)(F)F)cc2)cc1)C(=O)CC(=O)OCCO. The summed E-state index contributed by atoms with van der Waals surface area (Å²) >= 11 is 0. The van der Waals surface area contributed by atoms with E-state index in [0.717, 1.165) is 12.1 Å². The summed E-state index contributed by atoms with van der Waals surface area (Å²) in [5.41, 5.74) is -0.771. The maximum absolute atomic E-state index is 12.6. The second-order valence-corrected chi connectivity index (χ2v) is 5.94. The number of benzene rings is 2. The van der Waals surface area contributed by atoms with Gasteiger partial charge in [-0.2, -0.15) is 13.2 Å². The summed E-state index contributed by atoms with van der Waals surface area (Å²) in [6.07, 6.45) is -5.80. The number of ether oxygens (including phenoxy) is 3. The first-order chi connectivity index (χ1) is 13.7. The van der Waals surface area contributed by atoms with Crippen molar-refractivity contribution in [2.24, 2.45) is 0 Å². The van der Waals surface area contributed by atoms with Crippen LogP contribution >= 0.6 is 0 Å². The highest BCUT2D eigenvalue weighted by molar-refractivity contribution is 5.97. The van der Waals surface area contributed by atoms with E-state index in [4.69, 9.17) is 14.6 Å². The van der Waals surface area contributed by atoms with Gasteiger partial charge in [0, 0.05) is 0 Å². The third-order valence-electron chi connectivity index (χ3n) is 3.68. The van der Waals surface area contributed by atoms with E-state index in [1.54, 1.807) is 0 Å². The Labute approximate surface area is 164 Å². The van der Waals surface area contributed by atoms with Gasteiger partial charge in [-0.15, -0.1) is 0 Å². The molecule has 0 saturated heterocycles. The molecule has 1 unspecified atom stereocenters. The summed E-state index contributed by atoms with van der Waals surface area (Å²) in [4.78, 5) is 23.3. The van der Waals surface area contributed by atoms with Crippen LogP contribution in [0.4, 0.5) is 13.2 Å². The number of alkyl halides is 3. The van der Waals surface area contributed by atoms with E-state index in [1.165, 1.54) is 43.3 Å². The van der Waals surface area contributed by atoms with Crippen LogP contribution in [0.2, 0.25) is 0 Å². The zero-order valence-electron chi connectivity index (χ0n) is 15.4. The lowest BCUT2D eigenvalue weighted by atomic mass is 10.2. The predicted molar refractivity (Wildman–Crippen MR) is 95.7 cm³/mol. The van der Waals surface area contributed by atoms with Crippen LogP contribution in [0.1, 0.15) is 18.9 Å². The monoisotopic (exact) mass is 412 g/mol. The standard InChI is InChI=1S/C20H19F3O6/c1-13(18(25)12-19(26)27-11-10-24)28-15-6-8-17(9-7-15)29-16-4-2-14(3-5-16)20(21,22)23/h2-9,13,24H,10-12H2,1H3. The minimum Gasteiger partial charge on any atom is -0.483 e. The largest absolute Gasteiger partial charge is 0.483 e. The number of rotatable bonds is 9. The van der Waals surface area contributed by atoms with Gasteiger partial charge in [-0.3, -0.25) is 9.59 Å². The maximum atomic E-state index is 12.6. The Morgan fingerprint density at radius 3 is 2.00 bits per heavy atom. The summed E-state index contributed by atoms with van der Waals surface area (Å²) in [5.74, 6) is -0.299. The van der Waals surface area contributed by atoms with E-state index in [2.05, 4.69) is 4.74 Å². The average molecular weight is 412 g/mol. The highest BCUT2D eigenvalue weighted by atomic mass is 19.4. The molecule has 2 rings (SSSR count). The van der Waals surface area contributed by atoms with Crippen molar-refractivity contribution in [3.8, 4) is 17.2 Å².